The highest BCUT2D eigenvalue weighted by Crippen LogP contribution is 2.24. The lowest BCUT2D eigenvalue weighted by atomic mass is 10.1. The lowest BCUT2D eigenvalue weighted by molar-refractivity contribution is 0.0524. The van der Waals surface area contributed by atoms with Crippen molar-refractivity contribution >= 4 is 18.3 Å². The number of benzene rings is 2. The first kappa shape index (κ1) is 44.2. The van der Waals surface area contributed by atoms with Crippen molar-refractivity contribution in [1.82, 2.24) is 15.5 Å². The predicted octanol–water partition coefficient (Wildman–Crippen LogP) is 11.5. The van der Waals surface area contributed by atoms with Crippen molar-refractivity contribution in [2.45, 2.75) is 141 Å². The van der Waals surface area contributed by atoms with Gasteiger partial charge in [-0.3, -0.25) is 0 Å². The SMILES string of the molecule is CCCCCCCC/C=C\CCCCCCCCNC(=O)OCCCCCCNC(=O)OC1CCN(C(=O)Oc2ccc(Oc3ccccc3)cc2)CC1. The smallest absolute Gasteiger partial charge is 0.415 e. The topological polar surface area (TPSA) is 115 Å². The minimum absolute atomic E-state index is 0.242. The number of nitrogens with zero attached hydrogens (tertiary/aromatic N) is 1. The van der Waals surface area contributed by atoms with Gasteiger partial charge in [-0.05, 0) is 87.8 Å². The van der Waals surface area contributed by atoms with Gasteiger partial charge in [0.05, 0.1) is 6.61 Å². The molecule has 2 aromatic carbocycles. The molecule has 1 heterocycles. The van der Waals surface area contributed by atoms with Gasteiger partial charge in [-0.2, -0.15) is 0 Å². The number of carbonyl (C=O) groups is 3. The average molecular weight is 750 g/mol. The number of likely N-dealkylation sites (tertiary alicyclic amines) is 1. The van der Waals surface area contributed by atoms with E-state index in [1.165, 1.54) is 77.0 Å². The fraction of sp³-hybridized carbons (Fsp3) is 0.614. The number of nitrogens with one attached hydrogen (secondary N) is 2. The van der Waals surface area contributed by atoms with Crippen LogP contribution >= 0.6 is 0 Å². The van der Waals surface area contributed by atoms with Gasteiger partial charge in [-0.15, -0.1) is 0 Å². The molecule has 54 heavy (non-hydrogen) atoms. The number of piperidine rings is 1. The van der Waals surface area contributed by atoms with Gasteiger partial charge in [-0.1, -0.05) is 101 Å². The van der Waals surface area contributed by atoms with Crippen LogP contribution in [0.15, 0.2) is 66.7 Å². The third-order valence-electron chi connectivity index (χ3n) is 9.51. The maximum Gasteiger partial charge on any atom is 0.415 e. The summed E-state index contributed by atoms with van der Waals surface area (Å²) >= 11 is 0. The molecule has 0 unspecified atom stereocenters. The second-order valence-electron chi connectivity index (χ2n) is 14.2. The number of carbonyl (C=O) groups excluding carboxylic acids is 3. The number of ether oxygens (including phenoxy) is 4. The summed E-state index contributed by atoms with van der Waals surface area (Å²) in [5.74, 6) is 1.82. The van der Waals surface area contributed by atoms with E-state index < -0.39 is 12.2 Å². The molecule has 10 nitrogen and oxygen atoms in total. The molecule has 0 spiro atoms. The zero-order valence-corrected chi connectivity index (χ0v) is 32.9. The Hall–Kier alpha value is -4.21. The van der Waals surface area contributed by atoms with Gasteiger partial charge >= 0.3 is 18.3 Å². The number of unbranched alkanes of at least 4 members (excludes halogenated alkanes) is 15. The van der Waals surface area contributed by atoms with Crippen molar-refractivity contribution in [3.8, 4) is 17.2 Å². The number of amides is 3. The summed E-state index contributed by atoms with van der Waals surface area (Å²) in [5, 5.41) is 5.67. The van der Waals surface area contributed by atoms with Crippen LogP contribution in [0.25, 0.3) is 0 Å². The fourth-order valence-electron chi connectivity index (χ4n) is 6.26. The quantitative estimate of drug-likeness (QED) is 0.0690. The summed E-state index contributed by atoms with van der Waals surface area (Å²) in [6, 6.07) is 16.4. The van der Waals surface area contributed by atoms with E-state index in [4.69, 9.17) is 18.9 Å². The van der Waals surface area contributed by atoms with E-state index in [2.05, 4.69) is 29.7 Å². The van der Waals surface area contributed by atoms with Crippen LogP contribution in [0.4, 0.5) is 14.4 Å². The molecular weight excluding hydrogens is 682 g/mol. The maximum atomic E-state index is 12.6. The zero-order valence-electron chi connectivity index (χ0n) is 32.9. The Morgan fingerprint density at radius 2 is 1.15 bits per heavy atom. The van der Waals surface area contributed by atoms with Crippen LogP contribution in [0.1, 0.15) is 135 Å². The molecule has 1 fully saturated rings. The highest BCUT2D eigenvalue weighted by atomic mass is 16.6. The molecule has 300 valence electrons. The number of hydrogen-bond donors (Lipinski definition) is 2. The lowest BCUT2D eigenvalue weighted by Gasteiger charge is -2.30. The van der Waals surface area contributed by atoms with Crippen LogP contribution < -0.4 is 20.1 Å². The van der Waals surface area contributed by atoms with E-state index in [0.717, 1.165) is 44.3 Å². The molecule has 10 heteroatoms. The summed E-state index contributed by atoms with van der Waals surface area (Å²) in [4.78, 5) is 38.5. The van der Waals surface area contributed by atoms with E-state index in [1.54, 1.807) is 29.2 Å². The second kappa shape index (κ2) is 29.2. The highest BCUT2D eigenvalue weighted by molar-refractivity contribution is 5.71. The Morgan fingerprint density at radius 3 is 1.78 bits per heavy atom. The third kappa shape index (κ3) is 21.5. The molecule has 1 aliphatic heterocycles. The molecule has 2 N–H and O–H groups in total. The minimum Gasteiger partial charge on any atom is -0.457 e. The largest absolute Gasteiger partial charge is 0.457 e. The Balaban J connectivity index is 1.06. The van der Waals surface area contributed by atoms with Gasteiger partial charge in [-0.25, -0.2) is 14.4 Å². The summed E-state index contributed by atoms with van der Waals surface area (Å²) < 4.78 is 22.2. The zero-order chi connectivity index (χ0) is 38.3. The van der Waals surface area contributed by atoms with Crippen LogP contribution in [0.3, 0.4) is 0 Å². The first-order chi connectivity index (χ1) is 26.5. The molecule has 0 aromatic heterocycles. The number of allylic oxidation sites excluding steroid dienone is 2. The summed E-state index contributed by atoms with van der Waals surface area (Å²) in [6.45, 7) is 4.75. The minimum atomic E-state index is -0.435. The molecule has 1 saturated heterocycles. The number of hydrogen-bond acceptors (Lipinski definition) is 7. The molecule has 0 atom stereocenters. The molecule has 0 aliphatic carbocycles. The number of alkyl carbamates (subject to hydrolysis) is 2. The molecule has 3 amide bonds. The van der Waals surface area contributed by atoms with E-state index in [0.29, 0.717) is 57.1 Å². The summed E-state index contributed by atoms with van der Waals surface area (Å²) in [7, 11) is 0. The van der Waals surface area contributed by atoms with Gasteiger partial charge in [0.2, 0.25) is 0 Å². The molecule has 2 aromatic rings. The third-order valence-corrected chi connectivity index (χ3v) is 9.51. The van der Waals surface area contributed by atoms with Crippen molar-refractivity contribution in [1.29, 1.82) is 0 Å². The Kier molecular flexibility index (Phi) is 23.9. The highest BCUT2D eigenvalue weighted by Gasteiger charge is 2.26. The Morgan fingerprint density at radius 1 is 0.630 bits per heavy atom. The van der Waals surface area contributed by atoms with Crippen molar-refractivity contribution in [2.75, 3.05) is 32.8 Å². The van der Waals surface area contributed by atoms with Crippen molar-refractivity contribution < 1.29 is 33.3 Å². The molecular formula is C44H67N3O7. The standard InChI is InChI=1S/C44H67N3O7/c1-2-3-4-5-6-7-8-9-10-11-12-13-14-15-16-22-33-45-42(48)51-37-24-18-17-23-34-46-43(49)53-41-31-35-47(36-32-41)44(50)54-40-29-27-39(28-30-40)52-38-25-20-19-21-26-38/h9-10,19-21,25-30,41H,2-8,11-18,22-24,31-37H2,1H3,(H,45,48)(H,46,49)/b10-9-. The monoisotopic (exact) mass is 749 g/mol. The van der Waals surface area contributed by atoms with Gasteiger partial charge < -0.3 is 34.5 Å². The molecule has 1 aliphatic rings. The molecule has 0 radical (unpaired) electrons. The Labute approximate surface area is 324 Å². The van der Waals surface area contributed by atoms with Crippen molar-refractivity contribution in [2.24, 2.45) is 0 Å². The lowest BCUT2D eigenvalue weighted by Crippen LogP contribution is -2.43. The molecule has 3 rings (SSSR count). The van der Waals surface area contributed by atoms with Crippen LogP contribution in [-0.4, -0.2) is 62.1 Å². The second-order valence-corrected chi connectivity index (χ2v) is 14.2. The van der Waals surface area contributed by atoms with Crippen LogP contribution in [-0.2, 0) is 9.47 Å². The number of para-hydroxylation sites is 1. The number of rotatable bonds is 27. The van der Waals surface area contributed by atoms with E-state index in [1.807, 2.05) is 30.3 Å². The van der Waals surface area contributed by atoms with Crippen molar-refractivity contribution in [3.05, 3.63) is 66.7 Å². The average Bonchev–Trinajstić information content (AvgIpc) is 3.18. The van der Waals surface area contributed by atoms with Crippen LogP contribution in [0.5, 0.6) is 17.2 Å². The van der Waals surface area contributed by atoms with Gasteiger partial charge in [0.1, 0.15) is 23.4 Å². The molecule has 0 saturated carbocycles. The normalized spacial score (nSPS) is 13.1. The van der Waals surface area contributed by atoms with Gasteiger partial charge in [0, 0.05) is 39.0 Å². The predicted molar refractivity (Wildman–Crippen MR) is 215 cm³/mol. The van der Waals surface area contributed by atoms with Crippen LogP contribution in [0.2, 0.25) is 0 Å². The fourth-order valence-corrected chi connectivity index (χ4v) is 6.26. The van der Waals surface area contributed by atoms with E-state index in [9.17, 15) is 14.4 Å². The van der Waals surface area contributed by atoms with Crippen LogP contribution in [0, 0.1) is 0 Å². The Bertz CT molecular complexity index is 1300. The van der Waals surface area contributed by atoms with Gasteiger partial charge in [0.25, 0.3) is 0 Å². The van der Waals surface area contributed by atoms with E-state index in [-0.39, 0.29) is 12.2 Å². The van der Waals surface area contributed by atoms with Crippen molar-refractivity contribution in [3.63, 3.8) is 0 Å². The van der Waals surface area contributed by atoms with E-state index >= 15 is 0 Å². The molecule has 0 bridgehead atoms. The van der Waals surface area contributed by atoms with Gasteiger partial charge in [0.15, 0.2) is 0 Å². The first-order valence-electron chi connectivity index (χ1n) is 20.8. The first-order valence-corrected chi connectivity index (χ1v) is 20.8. The summed E-state index contributed by atoms with van der Waals surface area (Å²) in [5.41, 5.74) is 0. The maximum absolute atomic E-state index is 12.6. The summed E-state index contributed by atoms with van der Waals surface area (Å²) in [6.07, 6.45) is 25.6.